The fourth-order valence-electron chi connectivity index (χ4n) is 3.27. The molecule has 0 spiro atoms. The molecule has 7 heteroatoms. The molecule has 2 fully saturated rings. The van der Waals surface area contributed by atoms with E-state index in [0.717, 1.165) is 25.9 Å². The van der Waals surface area contributed by atoms with E-state index in [9.17, 15) is 9.59 Å². The molecule has 0 aromatic heterocycles. The predicted molar refractivity (Wildman–Crippen MR) is 86.0 cm³/mol. The lowest BCUT2D eigenvalue weighted by atomic mass is 9.78. The average Bonchev–Trinajstić information content (AvgIpc) is 2.60. The normalized spacial score (nSPS) is 22.4. The van der Waals surface area contributed by atoms with Crippen LogP contribution < -0.4 is 10.6 Å². The quantitative estimate of drug-likeness (QED) is 0.704. The summed E-state index contributed by atoms with van der Waals surface area (Å²) >= 11 is 0. The van der Waals surface area contributed by atoms with E-state index in [1.807, 2.05) is 6.92 Å². The van der Waals surface area contributed by atoms with Gasteiger partial charge in [0.1, 0.15) is 6.04 Å². The summed E-state index contributed by atoms with van der Waals surface area (Å²) in [7, 11) is 1.62. The van der Waals surface area contributed by atoms with Crippen molar-refractivity contribution in [1.82, 2.24) is 15.5 Å². The second-order valence-electron chi connectivity index (χ2n) is 6.34. The Labute approximate surface area is 138 Å². The van der Waals surface area contributed by atoms with Crippen molar-refractivity contribution in [3.05, 3.63) is 0 Å². The van der Waals surface area contributed by atoms with Gasteiger partial charge in [-0.05, 0) is 32.4 Å². The standard InChI is InChI=1S/C16H29N3O4/c1-3-13(14(20)19-8-10-23-11-9-19)18-15(21)16(12-22-2)4-6-17-7-5-16/h13,17H,3-12H2,1-2H3,(H,18,21). The number of methoxy groups -OCH3 is 1. The highest BCUT2D eigenvalue weighted by atomic mass is 16.5. The van der Waals surface area contributed by atoms with Crippen LogP contribution in [0.2, 0.25) is 0 Å². The van der Waals surface area contributed by atoms with Crippen LogP contribution in [0.25, 0.3) is 0 Å². The zero-order valence-corrected chi connectivity index (χ0v) is 14.2. The van der Waals surface area contributed by atoms with Crippen molar-refractivity contribution in [1.29, 1.82) is 0 Å². The number of ether oxygens (including phenoxy) is 2. The minimum absolute atomic E-state index is 0.00866. The molecule has 0 saturated carbocycles. The molecule has 0 aromatic carbocycles. The Bertz CT molecular complexity index is 399. The Kier molecular flexibility index (Phi) is 6.80. The Hall–Kier alpha value is -1.18. The molecule has 0 aliphatic carbocycles. The topological polar surface area (TPSA) is 79.9 Å². The SMILES string of the molecule is CCC(NC(=O)C1(COC)CCNCC1)C(=O)N1CCOCC1. The number of morpholine rings is 1. The van der Waals surface area contributed by atoms with Gasteiger partial charge in [0.15, 0.2) is 0 Å². The molecular weight excluding hydrogens is 298 g/mol. The fourth-order valence-corrected chi connectivity index (χ4v) is 3.27. The lowest BCUT2D eigenvalue weighted by Crippen LogP contribution is -2.57. The Morgan fingerprint density at radius 3 is 2.52 bits per heavy atom. The number of carbonyl (C=O) groups excluding carboxylic acids is 2. The summed E-state index contributed by atoms with van der Waals surface area (Å²) in [6.45, 7) is 6.23. The molecule has 2 aliphatic rings. The van der Waals surface area contributed by atoms with Gasteiger partial charge in [-0.2, -0.15) is 0 Å². The predicted octanol–water partition coefficient (Wildman–Crippen LogP) is -0.244. The molecular formula is C16H29N3O4. The van der Waals surface area contributed by atoms with Crippen LogP contribution in [0.3, 0.4) is 0 Å². The number of hydrogen-bond acceptors (Lipinski definition) is 5. The number of nitrogens with zero attached hydrogens (tertiary/aromatic N) is 1. The van der Waals surface area contributed by atoms with E-state index in [4.69, 9.17) is 9.47 Å². The summed E-state index contributed by atoms with van der Waals surface area (Å²) < 4.78 is 10.6. The summed E-state index contributed by atoms with van der Waals surface area (Å²) in [5, 5.41) is 6.25. The highest BCUT2D eigenvalue weighted by Crippen LogP contribution is 2.29. The van der Waals surface area contributed by atoms with Crippen LogP contribution in [-0.2, 0) is 19.1 Å². The van der Waals surface area contributed by atoms with Crippen LogP contribution in [0.1, 0.15) is 26.2 Å². The van der Waals surface area contributed by atoms with Gasteiger partial charge in [-0.1, -0.05) is 6.92 Å². The molecule has 2 rings (SSSR count). The second kappa shape index (κ2) is 8.61. The minimum Gasteiger partial charge on any atom is -0.384 e. The van der Waals surface area contributed by atoms with Crippen molar-refractivity contribution in [2.75, 3.05) is 53.1 Å². The van der Waals surface area contributed by atoms with Crippen LogP contribution in [0, 0.1) is 5.41 Å². The van der Waals surface area contributed by atoms with E-state index >= 15 is 0 Å². The van der Waals surface area contributed by atoms with Crippen molar-refractivity contribution >= 4 is 11.8 Å². The molecule has 0 bridgehead atoms. The lowest BCUT2D eigenvalue weighted by molar-refractivity contribution is -0.144. The number of carbonyl (C=O) groups is 2. The van der Waals surface area contributed by atoms with E-state index in [-0.39, 0.29) is 11.8 Å². The third kappa shape index (κ3) is 4.43. The zero-order valence-electron chi connectivity index (χ0n) is 14.2. The van der Waals surface area contributed by atoms with E-state index in [1.54, 1.807) is 12.0 Å². The molecule has 1 atom stereocenters. The van der Waals surface area contributed by atoms with E-state index in [2.05, 4.69) is 10.6 Å². The van der Waals surface area contributed by atoms with Crippen LogP contribution in [-0.4, -0.2) is 75.9 Å². The van der Waals surface area contributed by atoms with Crippen LogP contribution in [0.5, 0.6) is 0 Å². The number of amides is 2. The van der Waals surface area contributed by atoms with Gasteiger partial charge in [0, 0.05) is 20.2 Å². The molecule has 1 unspecified atom stereocenters. The maximum absolute atomic E-state index is 12.9. The minimum atomic E-state index is -0.529. The summed E-state index contributed by atoms with van der Waals surface area (Å²) in [4.78, 5) is 27.3. The van der Waals surface area contributed by atoms with Gasteiger partial charge in [-0.25, -0.2) is 0 Å². The van der Waals surface area contributed by atoms with Gasteiger partial charge < -0.3 is 25.0 Å². The van der Waals surface area contributed by atoms with Gasteiger partial charge in [0.05, 0.1) is 25.2 Å². The Morgan fingerprint density at radius 2 is 1.96 bits per heavy atom. The lowest BCUT2D eigenvalue weighted by Gasteiger charge is -2.37. The van der Waals surface area contributed by atoms with Crippen molar-refractivity contribution in [2.24, 2.45) is 5.41 Å². The first kappa shape index (κ1) is 18.2. The molecule has 2 amide bonds. The maximum Gasteiger partial charge on any atom is 0.245 e. The van der Waals surface area contributed by atoms with Crippen LogP contribution in [0.4, 0.5) is 0 Å². The molecule has 7 nitrogen and oxygen atoms in total. The van der Waals surface area contributed by atoms with Crippen molar-refractivity contribution in [3.8, 4) is 0 Å². The van der Waals surface area contributed by atoms with Crippen molar-refractivity contribution in [2.45, 2.75) is 32.2 Å². The summed E-state index contributed by atoms with van der Waals surface area (Å²) in [6, 6.07) is -0.468. The highest BCUT2D eigenvalue weighted by Gasteiger charge is 2.41. The first-order valence-corrected chi connectivity index (χ1v) is 8.50. The third-order valence-corrected chi connectivity index (χ3v) is 4.80. The molecule has 0 radical (unpaired) electrons. The van der Waals surface area contributed by atoms with Gasteiger partial charge >= 0.3 is 0 Å². The second-order valence-corrected chi connectivity index (χ2v) is 6.34. The smallest absolute Gasteiger partial charge is 0.245 e. The van der Waals surface area contributed by atoms with Crippen LogP contribution in [0.15, 0.2) is 0 Å². The summed E-state index contributed by atoms with van der Waals surface area (Å²) in [6.07, 6.45) is 2.05. The highest BCUT2D eigenvalue weighted by molar-refractivity contribution is 5.90. The van der Waals surface area contributed by atoms with Gasteiger partial charge in [-0.15, -0.1) is 0 Å². The van der Waals surface area contributed by atoms with Gasteiger partial charge in [0.25, 0.3) is 0 Å². The molecule has 2 saturated heterocycles. The number of rotatable bonds is 6. The largest absolute Gasteiger partial charge is 0.384 e. The molecule has 2 aliphatic heterocycles. The fraction of sp³-hybridized carbons (Fsp3) is 0.875. The third-order valence-electron chi connectivity index (χ3n) is 4.80. The number of nitrogens with one attached hydrogen (secondary N) is 2. The van der Waals surface area contributed by atoms with Crippen molar-refractivity contribution in [3.63, 3.8) is 0 Å². The van der Waals surface area contributed by atoms with Crippen LogP contribution >= 0.6 is 0 Å². The van der Waals surface area contributed by atoms with E-state index in [0.29, 0.717) is 39.3 Å². The Balaban J connectivity index is 2.00. The first-order valence-electron chi connectivity index (χ1n) is 8.50. The molecule has 2 heterocycles. The average molecular weight is 327 g/mol. The number of hydrogen-bond donors (Lipinski definition) is 2. The molecule has 0 aromatic rings. The summed E-state index contributed by atoms with van der Waals surface area (Å²) in [5.41, 5.74) is -0.529. The molecule has 132 valence electrons. The number of piperidine rings is 1. The molecule has 23 heavy (non-hydrogen) atoms. The van der Waals surface area contributed by atoms with Gasteiger partial charge in [0.2, 0.25) is 11.8 Å². The first-order chi connectivity index (χ1) is 11.1. The van der Waals surface area contributed by atoms with E-state index in [1.165, 1.54) is 0 Å². The molecule has 2 N–H and O–H groups in total. The van der Waals surface area contributed by atoms with Crippen molar-refractivity contribution < 1.29 is 19.1 Å². The zero-order chi connectivity index (χ0) is 16.7. The van der Waals surface area contributed by atoms with E-state index < -0.39 is 11.5 Å². The Morgan fingerprint density at radius 1 is 1.30 bits per heavy atom. The van der Waals surface area contributed by atoms with Gasteiger partial charge in [-0.3, -0.25) is 9.59 Å². The monoisotopic (exact) mass is 327 g/mol. The maximum atomic E-state index is 12.9. The summed E-state index contributed by atoms with van der Waals surface area (Å²) in [5.74, 6) is -0.0695.